The van der Waals surface area contributed by atoms with Crippen molar-refractivity contribution in [3.63, 3.8) is 0 Å². The van der Waals surface area contributed by atoms with Crippen LogP contribution in [0.2, 0.25) is 0 Å². The first-order valence-electron chi connectivity index (χ1n) is 9.63. The molecule has 0 aliphatic carbocycles. The van der Waals surface area contributed by atoms with Crippen molar-refractivity contribution in [2.75, 3.05) is 12.3 Å². The van der Waals surface area contributed by atoms with E-state index in [9.17, 15) is 22.4 Å². The molecule has 31 heavy (non-hydrogen) atoms. The molecular weight excluding hydrogens is 412 g/mol. The van der Waals surface area contributed by atoms with E-state index in [1.165, 1.54) is 17.0 Å². The highest BCUT2D eigenvalue weighted by Gasteiger charge is 2.31. The third-order valence-electron chi connectivity index (χ3n) is 4.74. The first kappa shape index (κ1) is 22.5. The van der Waals surface area contributed by atoms with E-state index in [1.54, 1.807) is 13.0 Å². The molecule has 0 fully saturated rings. The molecule has 1 aromatic carbocycles. The van der Waals surface area contributed by atoms with E-state index in [-0.39, 0.29) is 36.1 Å². The molecule has 0 aliphatic rings. The van der Waals surface area contributed by atoms with Gasteiger partial charge in [-0.1, -0.05) is 13.8 Å². The number of hydrogen-bond acceptors (Lipinski definition) is 4. The number of benzene rings is 1. The van der Waals surface area contributed by atoms with Gasteiger partial charge in [-0.2, -0.15) is 13.2 Å². The quantitative estimate of drug-likeness (QED) is 0.575. The van der Waals surface area contributed by atoms with Crippen molar-refractivity contribution in [2.24, 2.45) is 5.92 Å². The smallest absolute Gasteiger partial charge is 0.383 e. The van der Waals surface area contributed by atoms with Gasteiger partial charge in [0.1, 0.15) is 11.6 Å². The molecule has 2 aromatic heterocycles. The van der Waals surface area contributed by atoms with Crippen LogP contribution in [-0.4, -0.2) is 27.3 Å². The summed E-state index contributed by atoms with van der Waals surface area (Å²) in [6.45, 7) is 5.75. The first-order valence-corrected chi connectivity index (χ1v) is 9.63. The Balaban J connectivity index is 1.94. The molecule has 3 aromatic rings. The second kappa shape index (κ2) is 8.49. The molecule has 0 saturated carbocycles. The third-order valence-corrected chi connectivity index (χ3v) is 4.74. The number of aromatic nitrogens is 2. The Kier molecular flexibility index (Phi) is 6.15. The van der Waals surface area contributed by atoms with Gasteiger partial charge in [0.15, 0.2) is 0 Å². The zero-order chi connectivity index (χ0) is 22.9. The normalized spacial score (nSPS) is 11.9. The summed E-state index contributed by atoms with van der Waals surface area (Å²) in [7, 11) is 0. The number of rotatable bonds is 5. The van der Waals surface area contributed by atoms with Crippen LogP contribution in [0.4, 0.5) is 23.4 Å². The zero-order valence-electron chi connectivity index (χ0n) is 17.3. The van der Waals surface area contributed by atoms with Crippen LogP contribution >= 0.6 is 0 Å². The van der Waals surface area contributed by atoms with E-state index in [1.807, 2.05) is 13.8 Å². The lowest BCUT2D eigenvalue weighted by atomic mass is 10.1. The van der Waals surface area contributed by atoms with E-state index < -0.39 is 23.5 Å². The fourth-order valence-corrected chi connectivity index (χ4v) is 3.19. The van der Waals surface area contributed by atoms with E-state index in [4.69, 9.17) is 5.73 Å². The average molecular weight is 434 g/mol. The fraction of sp³-hybridized carbons (Fsp3) is 0.318. The van der Waals surface area contributed by atoms with Crippen molar-refractivity contribution in [3.05, 3.63) is 64.7 Å². The van der Waals surface area contributed by atoms with Crippen molar-refractivity contribution < 1.29 is 22.4 Å². The van der Waals surface area contributed by atoms with Crippen molar-refractivity contribution in [2.45, 2.75) is 33.5 Å². The van der Waals surface area contributed by atoms with Crippen molar-refractivity contribution >= 4 is 22.6 Å². The van der Waals surface area contributed by atoms with E-state index in [2.05, 4.69) is 9.97 Å². The molecule has 5 nitrogen and oxygen atoms in total. The van der Waals surface area contributed by atoms with Crippen LogP contribution in [-0.2, 0) is 12.7 Å². The minimum absolute atomic E-state index is 0.0469. The largest absolute Gasteiger partial charge is 0.417 e. The Bertz CT molecular complexity index is 1110. The summed E-state index contributed by atoms with van der Waals surface area (Å²) >= 11 is 0. The summed E-state index contributed by atoms with van der Waals surface area (Å²) in [5, 5.41) is 0.564. The van der Waals surface area contributed by atoms with Crippen LogP contribution in [0, 0.1) is 18.7 Å². The molecule has 1 amide bonds. The SMILES string of the molecule is Cc1cc2cc(C(=O)N(Cc3ccc(C(F)(F)F)cn3)CC(C)C)c(F)cc2nc1N. The molecule has 0 unspecified atom stereocenters. The van der Waals surface area contributed by atoms with Crippen LogP contribution in [0.5, 0.6) is 0 Å². The number of nitrogens with zero attached hydrogens (tertiary/aromatic N) is 3. The monoisotopic (exact) mass is 434 g/mol. The highest BCUT2D eigenvalue weighted by atomic mass is 19.4. The maximum atomic E-state index is 14.8. The fourth-order valence-electron chi connectivity index (χ4n) is 3.19. The van der Waals surface area contributed by atoms with Gasteiger partial charge in [0.25, 0.3) is 5.91 Å². The standard InChI is InChI=1S/C22H22F4N4O/c1-12(2)10-30(11-16-5-4-15(9-28-16)22(24,25)26)21(31)17-7-14-6-13(3)20(27)29-19(14)8-18(17)23/h4-9,12H,10-11H2,1-3H3,(H2,27,29). The van der Waals surface area contributed by atoms with Crippen LogP contribution in [0.3, 0.4) is 0 Å². The highest BCUT2D eigenvalue weighted by Crippen LogP contribution is 2.29. The second-order valence-corrected chi connectivity index (χ2v) is 7.83. The van der Waals surface area contributed by atoms with Gasteiger partial charge < -0.3 is 10.6 Å². The number of aryl methyl sites for hydroxylation is 1. The predicted octanol–water partition coefficient (Wildman–Crippen LogP) is 4.98. The van der Waals surface area contributed by atoms with Crippen LogP contribution in [0.1, 0.15) is 41.0 Å². The predicted molar refractivity (Wildman–Crippen MR) is 110 cm³/mol. The van der Waals surface area contributed by atoms with Gasteiger partial charge in [0.05, 0.1) is 28.9 Å². The third kappa shape index (κ3) is 5.10. The van der Waals surface area contributed by atoms with Gasteiger partial charge in [0.2, 0.25) is 0 Å². The summed E-state index contributed by atoms with van der Waals surface area (Å²) in [6, 6.07) is 6.42. The average Bonchev–Trinajstić information content (AvgIpc) is 2.67. The van der Waals surface area contributed by atoms with Crippen molar-refractivity contribution in [1.82, 2.24) is 14.9 Å². The number of anilines is 1. The molecular formula is C22H22F4N4O. The topological polar surface area (TPSA) is 72.1 Å². The lowest BCUT2D eigenvalue weighted by Gasteiger charge is -2.25. The lowest BCUT2D eigenvalue weighted by Crippen LogP contribution is -2.34. The Hall–Kier alpha value is -3.23. The van der Waals surface area contributed by atoms with Gasteiger partial charge in [-0.05, 0) is 42.7 Å². The molecule has 2 N–H and O–H groups in total. The minimum Gasteiger partial charge on any atom is -0.383 e. The molecule has 9 heteroatoms. The Morgan fingerprint density at radius 1 is 1.19 bits per heavy atom. The molecule has 3 rings (SSSR count). The Morgan fingerprint density at radius 3 is 2.48 bits per heavy atom. The second-order valence-electron chi connectivity index (χ2n) is 7.83. The molecule has 164 valence electrons. The molecule has 0 saturated heterocycles. The summed E-state index contributed by atoms with van der Waals surface area (Å²) in [4.78, 5) is 22.5. The van der Waals surface area contributed by atoms with Crippen molar-refractivity contribution in [3.8, 4) is 0 Å². The summed E-state index contributed by atoms with van der Waals surface area (Å²) in [6.07, 6.45) is -3.77. The molecule has 2 heterocycles. The van der Waals surface area contributed by atoms with Gasteiger partial charge in [-0.15, -0.1) is 0 Å². The number of carbonyl (C=O) groups excluding carboxylic acids is 1. The summed E-state index contributed by atoms with van der Waals surface area (Å²) in [5.41, 5.74) is 6.05. The lowest BCUT2D eigenvalue weighted by molar-refractivity contribution is -0.137. The first-order chi connectivity index (χ1) is 14.5. The van der Waals surface area contributed by atoms with E-state index in [0.29, 0.717) is 16.5 Å². The maximum Gasteiger partial charge on any atom is 0.417 e. The van der Waals surface area contributed by atoms with Crippen LogP contribution < -0.4 is 5.73 Å². The highest BCUT2D eigenvalue weighted by molar-refractivity contribution is 5.98. The van der Waals surface area contributed by atoms with Gasteiger partial charge >= 0.3 is 6.18 Å². The van der Waals surface area contributed by atoms with Gasteiger partial charge in [-0.3, -0.25) is 9.78 Å². The molecule has 0 radical (unpaired) electrons. The molecule has 0 aliphatic heterocycles. The number of alkyl halides is 3. The molecule has 0 spiro atoms. The molecule has 0 bridgehead atoms. The summed E-state index contributed by atoms with van der Waals surface area (Å²) < 4.78 is 53.1. The molecule has 0 atom stereocenters. The van der Waals surface area contributed by atoms with E-state index >= 15 is 0 Å². The number of halogens is 4. The number of carbonyl (C=O) groups is 1. The van der Waals surface area contributed by atoms with Crippen molar-refractivity contribution in [1.29, 1.82) is 0 Å². The van der Waals surface area contributed by atoms with Crippen LogP contribution in [0.15, 0.2) is 36.5 Å². The number of pyridine rings is 2. The summed E-state index contributed by atoms with van der Waals surface area (Å²) in [5.74, 6) is -1.00. The number of fused-ring (bicyclic) bond motifs is 1. The van der Waals surface area contributed by atoms with Gasteiger partial charge in [-0.25, -0.2) is 9.37 Å². The van der Waals surface area contributed by atoms with Gasteiger partial charge in [0, 0.05) is 24.2 Å². The van der Waals surface area contributed by atoms with E-state index in [0.717, 1.165) is 18.3 Å². The maximum absolute atomic E-state index is 14.8. The van der Waals surface area contributed by atoms with Crippen LogP contribution in [0.25, 0.3) is 10.9 Å². The number of nitrogens with two attached hydrogens (primary N) is 1. The Labute approximate surface area is 176 Å². The number of hydrogen-bond donors (Lipinski definition) is 1. The number of amides is 1. The number of nitrogen functional groups attached to an aromatic ring is 1. The zero-order valence-corrected chi connectivity index (χ0v) is 17.3. The minimum atomic E-state index is -4.50. The Morgan fingerprint density at radius 2 is 1.90 bits per heavy atom.